The van der Waals surface area contributed by atoms with Gasteiger partial charge in [0.25, 0.3) is 0 Å². The Kier molecular flexibility index (Phi) is 3.55. The van der Waals surface area contributed by atoms with E-state index in [1.807, 2.05) is 6.20 Å². The normalized spacial score (nSPS) is 22.6. The Morgan fingerprint density at radius 2 is 2.19 bits per heavy atom. The van der Waals surface area contributed by atoms with E-state index in [0.717, 1.165) is 6.54 Å². The molecule has 1 aliphatic carbocycles. The minimum Gasteiger partial charge on any atom is -0.334 e. The summed E-state index contributed by atoms with van der Waals surface area (Å²) < 4.78 is 2.39. The van der Waals surface area contributed by atoms with Gasteiger partial charge in [-0.15, -0.1) is 11.3 Å². The molecule has 0 saturated carbocycles. The summed E-state index contributed by atoms with van der Waals surface area (Å²) >= 11 is 1.76. The Morgan fingerprint density at radius 3 is 3.00 bits per heavy atom. The van der Waals surface area contributed by atoms with Gasteiger partial charge in [0.15, 0.2) is 0 Å². The Labute approximate surface area is 129 Å². The fraction of sp³-hybridized carbons (Fsp3) is 0.625. The van der Waals surface area contributed by atoms with Gasteiger partial charge in [0, 0.05) is 24.3 Å². The smallest absolute Gasteiger partial charge is 0.126 e. The summed E-state index contributed by atoms with van der Waals surface area (Å²) in [5.74, 6) is 1.29. The van der Waals surface area contributed by atoms with Crippen LogP contribution in [0, 0.1) is 0 Å². The molecule has 0 N–H and O–H groups in total. The number of aryl methyl sites for hydroxylation is 1. The average molecular weight is 302 g/mol. The van der Waals surface area contributed by atoms with Crippen LogP contribution in [0.25, 0.3) is 0 Å². The number of rotatable bonds is 3. The third kappa shape index (κ3) is 2.42. The van der Waals surface area contributed by atoms with E-state index in [4.69, 9.17) is 4.98 Å². The zero-order chi connectivity index (χ0) is 14.2. The fourth-order valence-corrected chi connectivity index (χ4v) is 4.46. The van der Waals surface area contributed by atoms with Crippen molar-refractivity contribution >= 4 is 11.3 Å². The van der Waals surface area contributed by atoms with Gasteiger partial charge in [-0.3, -0.25) is 4.90 Å². The van der Waals surface area contributed by atoms with Crippen molar-refractivity contribution < 1.29 is 0 Å². The lowest BCUT2D eigenvalue weighted by Gasteiger charge is -2.23. The van der Waals surface area contributed by atoms with Gasteiger partial charge < -0.3 is 4.57 Å². The second kappa shape index (κ2) is 5.54. The van der Waals surface area contributed by atoms with Gasteiger partial charge in [0.05, 0.1) is 18.3 Å². The SMILES string of the molecule is Cn1c(C2CCCN2Cc2nccs2)nc2c1CCCC2. The van der Waals surface area contributed by atoms with Crippen molar-refractivity contribution in [2.75, 3.05) is 6.54 Å². The van der Waals surface area contributed by atoms with E-state index in [-0.39, 0.29) is 0 Å². The summed E-state index contributed by atoms with van der Waals surface area (Å²) in [6, 6.07) is 0.476. The highest BCUT2D eigenvalue weighted by molar-refractivity contribution is 7.09. The highest BCUT2D eigenvalue weighted by Gasteiger charge is 2.31. The monoisotopic (exact) mass is 302 g/mol. The standard InChI is InChI=1S/C16H22N4S/c1-19-13-6-3-2-5-12(13)18-16(19)14-7-4-9-20(14)11-15-17-8-10-21-15/h8,10,14H,2-7,9,11H2,1H3. The lowest BCUT2D eigenvalue weighted by atomic mass is 10.0. The molecule has 2 aromatic heterocycles. The number of likely N-dealkylation sites (tertiary alicyclic amines) is 1. The predicted molar refractivity (Wildman–Crippen MR) is 84.3 cm³/mol. The van der Waals surface area contributed by atoms with E-state index in [1.54, 1.807) is 11.3 Å². The number of nitrogens with zero attached hydrogens (tertiary/aromatic N) is 4. The lowest BCUT2D eigenvalue weighted by Crippen LogP contribution is -2.25. The molecule has 0 aromatic carbocycles. The third-order valence-corrected chi connectivity index (χ3v) is 5.66. The van der Waals surface area contributed by atoms with Gasteiger partial charge in [0.2, 0.25) is 0 Å². The van der Waals surface area contributed by atoms with Crippen molar-refractivity contribution in [3.8, 4) is 0 Å². The molecule has 1 unspecified atom stereocenters. The van der Waals surface area contributed by atoms with Crippen LogP contribution in [0.2, 0.25) is 0 Å². The van der Waals surface area contributed by atoms with Crippen LogP contribution in [0.1, 0.15) is 53.9 Å². The molecule has 1 saturated heterocycles. The molecular weight excluding hydrogens is 280 g/mol. The lowest BCUT2D eigenvalue weighted by molar-refractivity contribution is 0.236. The van der Waals surface area contributed by atoms with Gasteiger partial charge in [-0.05, 0) is 45.1 Å². The van der Waals surface area contributed by atoms with Crippen LogP contribution in [-0.4, -0.2) is 26.0 Å². The van der Waals surface area contributed by atoms with E-state index in [9.17, 15) is 0 Å². The molecule has 1 aliphatic heterocycles. The molecule has 4 nitrogen and oxygen atoms in total. The van der Waals surface area contributed by atoms with Crippen LogP contribution in [0.5, 0.6) is 0 Å². The fourth-order valence-electron chi connectivity index (χ4n) is 3.82. The number of hydrogen-bond donors (Lipinski definition) is 0. The number of hydrogen-bond acceptors (Lipinski definition) is 4. The van der Waals surface area contributed by atoms with Crippen LogP contribution < -0.4 is 0 Å². The first-order chi connectivity index (χ1) is 10.3. The number of thiazole rings is 1. The maximum atomic E-state index is 5.02. The van der Waals surface area contributed by atoms with E-state index >= 15 is 0 Å². The summed E-state index contributed by atoms with van der Waals surface area (Å²) in [4.78, 5) is 12.0. The molecule has 4 rings (SSSR count). The Morgan fingerprint density at radius 1 is 1.29 bits per heavy atom. The van der Waals surface area contributed by atoms with Gasteiger partial charge in [-0.25, -0.2) is 9.97 Å². The number of aromatic nitrogens is 3. The summed E-state index contributed by atoms with van der Waals surface area (Å²) in [7, 11) is 2.21. The first-order valence-corrected chi connectivity index (χ1v) is 8.87. The molecule has 0 amide bonds. The third-order valence-electron chi connectivity index (χ3n) is 4.89. The first kappa shape index (κ1) is 13.5. The van der Waals surface area contributed by atoms with Crippen LogP contribution in [-0.2, 0) is 26.4 Å². The van der Waals surface area contributed by atoms with Crippen molar-refractivity contribution in [2.24, 2.45) is 7.05 Å². The molecule has 1 atom stereocenters. The summed E-state index contributed by atoms with van der Waals surface area (Å²) in [6.07, 6.45) is 9.41. The van der Waals surface area contributed by atoms with Crippen LogP contribution in [0.4, 0.5) is 0 Å². The van der Waals surface area contributed by atoms with Crippen molar-refractivity contribution in [3.63, 3.8) is 0 Å². The van der Waals surface area contributed by atoms with E-state index in [0.29, 0.717) is 6.04 Å². The minimum atomic E-state index is 0.476. The second-order valence-corrected chi connectivity index (χ2v) is 7.16. The Hall–Kier alpha value is -1.20. The van der Waals surface area contributed by atoms with Crippen molar-refractivity contribution in [1.29, 1.82) is 0 Å². The van der Waals surface area contributed by atoms with Gasteiger partial charge >= 0.3 is 0 Å². The van der Waals surface area contributed by atoms with Gasteiger partial charge in [-0.2, -0.15) is 0 Å². The van der Waals surface area contributed by atoms with Gasteiger partial charge in [-0.1, -0.05) is 0 Å². The molecular formula is C16H22N4S. The molecule has 21 heavy (non-hydrogen) atoms. The molecule has 0 bridgehead atoms. The zero-order valence-electron chi connectivity index (χ0n) is 12.6. The van der Waals surface area contributed by atoms with Crippen LogP contribution in [0.15, 0.2) is 11.6 Å². The molecule has 1 fully saturated rings. The van der Waals surface area contributed by atoms with Crippen LogP contribution in [0.3, 0.4) is 0 Å². The summed E-state index contributed by atoms with van der Waals surface area (Å²) in [6.45, 7) is 2.14. The quantitative estimate of drug-likeness (QED) is 0.873. The Bertz CT molecular complexity index is 617. The van der Waals surface area contributed by atoms with Gasteiger partial charge in [0.1, 0.15) is 10.8 Å². The highest BCUT2D eigenvalue weighted by Crippen LogP contribution is 2.34. The number of imidazole rings is 1. The van der Waals surface area contributed by atoms with E-state index in [1.165, 1.54) is 67.3 Å². The number of fused-ring (bicyclic) bond motifs is 1. The Balaban J connectivity index is 1.61. The van der Waals surface area contributed by atoms with E-state index in [2.05, 4.69) is 26.9 Å². The van der Waals surface area contributed by atoms with Crippen molar-refractivity contribution in [2.45, 2.75) is 51.1 Å². The maximum Gasteiger partial charge on any atom is 0.126 e. The predicted octanol–water partition coefficient (Wildman–Crippen LogP) is 3.09. The zero-order valence-corrected chi connectivity index (χ0v) is 13.4. The average Bonchev–Trinajstić information content (AvgIpc) is 3.21. The van der Waals surface area contributed by atoms with E-state index < -0.39 is 0 Å². The first-order valence-electron chi connectivity index (χ1n) is 7.99. The van der Waals surface area contributed by atoms with Crippen molar-refractivity contribution in [3.05, 3.63) is 33.8 Å². The largest absolute Gasteiger partial charge is 0.334 e. The van der Waals surface area contributed by atoms with Crippen LogP contribution >= 0.6 is 11.3 Å². The molecule has 2 aromatic rings. The molecule has 0 spiro atoms. The summed E-state index contributed by atoms with van der Waals surface area (Å²) in [5, 5.41) is 3.29. The molecule has 3 heterocycles. The minimum absolute atomic E-state index is 0.476. The van der Waals surface area contributed by atoms with Crippen molar-refractivity contribution in [1.82, 2.24) is 19.4 Å². The second-order valence-electron chi connectivity index (χ2n) is 6.18. The highest BCUT2D eigenvalue weighted by atomic mass is 32.1. The summed E-state index contributed by atoms with van der Waals surface area (Å²) in [5.41, 5.74) is 2.84. The topological polar surface area (TPSA) is 34.0 Å². The molecule has 5 heteroatoms. The molecule has 2 aliphatic rings. The maximum absolute atomic E-state index is 5.02. The molecule has 112 valence electrons. The molecule has 0 radical (unpaired) electrons.